The molecule has 8 rings (SSSR count). The van der Waals surface area contributed by atoms with Crippen molar-refractivity contribution in [3.63, 3.8) is 0 Å². The van der Waals surface area contributed by atoms with E-state index in [0.717, 1.165) is 64.7 Å². The number of benzene rings is 4. The fraction of sp³-hybridized carbons (Fsp3) is 0.302. The third kappa shape index (κ3) is 8.63. The van der Waals surface area contributed by atoms with Gasteiger partial charge in [0, 0.05) is 69.6 Å². The Hall–Kier alpha value is -4.76. The molecule has 6 aromatic rings. The molecule has 0 fully saturated rings. The maximum atomic E-state index is 14.4. The summed E-state index contributed by atoms with van der Waals surface area (Å²) in [6.07, 6.45) is 4.87. The third-order valence-electron chi connectivity index (χ3n) is 11.1. The third-order valence-corrected chi connectivity index (χ3v) is 13.8. The summed E-state index contributed by atoms with van der Waals surface area (Å²) in [6.45, 7) is 0.724. The molecule has 0 bridgehead atoms. The Bertz CT molecular complexity index is 2870. The van der Waals surface area contributed by atoms with Gasteiger partial charge in [-0.2, -0.15) is 0 Å². The highest BCUT2D eigenvalue weighted by Crippen LogP contribution is 2.46. The Morgan fingerprint density at radius 1 is 0.695 bits per heavy atom. The lowest BCUT2D eigenvalue weighted by atomic mass is 10.0. The summed E-state index contributed by atoms with van der Waals surface area (Å²) >= 11 is 12.0. The van der Waals surface area contributed by atoms with E-state index >= 15 is 0 Å². The van der Waals surface area contributed by atoms with Crippen LogP contribution in [0.25, 0.3) is 21.8 Å². The van der Waals surface area contributed by atoms with Crippen LogP contribution in [0.1, 0.15) is 71.2 Å². The molecule has 0 unspecified atom stereocenters. The number of aliphatic carboxylic acids is 1. The van der Waals surface area contributed by atoms with Crippen molar-refractivity contribution in [1.82, 2.24) is 9.13 Å². The van der Waals surface area contributed by atoms with E-state index in [1.165, 1.54) is 19.2 Å². The SMILES string of the molecule is COC(=O)C[C@H]1CCc2c1n(Cc1ccc(Cl)cc1)c1c(S(C)(=O)=O)cc(F)cc21.CS(=O)(=O)c1cc(F)cc2c3c(n(Cc4ccc(Cl)cc4)c12)[C@@H](CC(=O)O)CC3. The van der Waals surface area contributed by atoms with Crippen LogP contribution in [0.15, 0.2) is 82.6 Å². The number of aryl methyl sites for hydroxylation is 2. The van der Waals surface area contributed by atoms with Crippen molar-refractivity contribution < 1.29 is 45.0 Å². The van der Waals surface area contributed by atoms with Gasteiger partial charge in [-0.15, -0.1) is 0 Å². The Balaban J connectivity index is 0.000000179. The zero-order chi connectivity index (χ0) is 42.6. The Kier molecular flexibility index (Phi) is 11.7. The van der Waals surface area contributed by atoms with E-state index in [2.05, 4.69) is 0 Å². The van der Waals surface area contributed by atoms with Gasteiger partial charge < -0.3 is 19.0 Å². The number of halogens is 4. The number of carbonyl (C=O) groups is 2. The quantitative estimate of drug-likeness (QED) is 0.135. The molecule has 4 aromatic carbocycles. The van der Waals surface area contributed by atoms with Crippen LogP contribution in [-0.4, -0.2) is 62.6 Å². The predicted octanol–water partition coefficient (Wildman–Crippen LogP) is 8.87. The highest BCUT2D eigenvalue weighted by molar-refractivity contribution is 7.91. The van der Waals surface area contributed by atoms with Gasteiger partial charge in [0.25, 0.3) is 0 Å². The van der Waals surface area contributed by atoms with Crippen molar-refractivity contribution in [2.45, 2.75) is 73.2 Å². The first-order chi connectivity index (χ1) is 27.8. The molecule has 1 N–H and O–H groups in total. The van der Waals surface area contributed by atoms with Crippen molar-refractivity contribution in [1.29, 1.82) is 0 Å². The van der Waals surface area contributed by atoms with E-state index in [-0.39, 0.29) is 40.4 Å². The van der Waals surface area contributed by atoms with Crippen molar-refractivity contribution in [3.8, 4) is 0 Å². The van der Waals surface area contributed by atoms with Crippen LogP contribution in [0, 0.1) is 11.6 Å². The molecule has 2 atom stereocenters. The minimum Gasteiger partial charge on any atom is -0.481 e. The number of carboxylic acid groups (broad SMARTS) is 1. The second-order valence-corrected chi connectivity index (χ2v) is 20.0. The number of carbonyl (C=O) groups excluding carboxylic acids is 1. The second kappa shape index (κ2) is 16.4. The van der Waals surface area contributed by atoms with Crippen LogP contribution in [0.4, 0.5) is 8.78 Å². The van der Waals surface area contributed by atoms with Gasteiger partial charge in [0.15, 0.2) is 19.7 Å². The molecule has 0 amide bonds. The molecule has 310 valence electrons. The summed E-state index contributed by atoms with van der Waals surface area (Å²) in [6, 6.07) is 19.3. The summed E-state index contributed by atoms with van der Waals surface area (Å²) in [4.78, 5) is 23.2. The predicted molar refractivity (Wildman–Crippen MR) is 222 cm³/mol. The number of ether oxygens (including phenoxy) is 1. The number of rotatable bonds is 10. The Morgan fingerprint density at radius 3 is 1.44 bits per heavy atom. The maximum absolute atomic E-state index is 14.4. The van der Waals surface area contributed by atoms with Gasteiger partial charge >= 0.3 is 11.9 Å². The van der Waals surface area contributed by atoms with Gasteiger partial charge in [-0.25, -0.2) is 25.6 Å². The van der Waals surface area contributed by atoms with Gasteiger partial charge in [-0.3, -0.25) is 9.59 Å². The molecule has 0 saturated heterocycles. The largest absolute Gasteiger partial charge is 0.481 e. The molecular weight excluding hydrogens is 846 g/mol. The number of methoxy groups -OCH3 is 1. The van der Waals surface area contributed by atoms with E-state index in [0.29, 0.717) is 64.2 Å². The molecule has 0 spiro atoms. The van der Waals surface area contributed by atoms with Crippen LogP contribution in [-0.2, 0) is 59.9 Å². The Morgan fingerprint density at radius 2 is 1.08 bits per heavy atom. The summed E-state index contributed by atoms with van der Waals surface area (Å²) in [5.74, 6) is -2.83. The molecule has 0 radical (unpaired) electrons. The van der Waals surface area contributed by atoms with Crippen molar-refractivity contribution >= 4 is 76.6 Å². The van der Waals surface area contributed by atoms with Gasteiger partial charge in [0.2, 0.25) is 0 Å². The fourth-order valence-corrected chi connectivity index (χ4v) is 10.8. The fourth-order valence-electron chi connectivity index (χ4n) is 8.71. The van der Waals surface area contributed by atoms with Gasteiger partial charge in [-0.1, -0.05) is 47.5 Å². The number of hydrogen-bond acceptors (Lipinski definition) is 7. The minimum atomic E-state index is -3.70. The first-order valence-corrected chi connectivity index (χ1v) is 23.2. The van der Waals surface area contributed by atoms with Gasteiger partial charge in [0.1, 0.15) is 11.6 Å². The summed E-state index contributed by atoms with van der Waals surface area (Å²) in [7, 11) is -6.03. The normalized spacial score (nSPS) is 16.2. The lowest BCUT2D eigenvalue weighted by Crippen LogP contribution is -2.13. The molecule has 10 nitrogen and oxygen atoms in total. The molecule has 2 aliphatic carbocycles. The minimum absolute atomic E-state index is 0.0438. The average Bonchev–Trinajstić information content (AvgIpc) is 3.91. The second-order valence-electron chi connectivity index (χ2n) is 15.1. The van der Waals surface area contributed by atoms with Gasteiger partial charge in [-0.05, 0) is 96.5 Å². The number of esters is 1. The van der Waals surface area contributed by atoms with E-state index < -0.39 is 37.3 Å². The van der Waals surface area contributed by atoms with Crippen LogP contribution in [0.2, 0.25) is 10.0 Å². The number of fused-ring (bicyclic) bond motifs is 6. The van der Waals surface area contributed by atoms with Crippen LogP contribution < -0.4 is 0 Å². The number of nitrogens with zero attached hydrogens (tertiary/aromatic N) is 2. The molecule has 2 heterocycles. The smallest absolute Gasteiger partial charge is 0.306 e. The lowest BCUT2D eigenvalue weighted by molar-refractivity contribution is -0.141. The summed E-state index contributed by atoms with van der Waals surface area (Å²) in [5, 5.41) is 11.7. The van der Waals surface area contributed by atoms with E-state index in [4.69, 9.17) is 27.9 Å². The molecule has 0 saturated carbocycles. The first-order valence-electron chi connectivity index (χ1n) is 18.7. The first kappa shape index (κ1) is 42.4. The molecule has 16 heteroatoms. The van der Waals surface area contributed by atoms with Crippen LogP contribution in [0.3, 0.4) is 0 Å². The molecule has 59 heavy (non-hydrogen) atoms. The summed E-state index contributed by atoms with van der Waals surface area (Å²) < 4.78 is 87.2. The number of carboxylic acids is 1. The van der Waals surface area contributed by atoms with E-state index in [9.17, 15) is 40.3 Å². The van der Waals surface area contributed by atoms with Gasteiger partial charge in [0.05, 0.1) is 40.8 Å². The van der Waals surface area contributed by atoms with Crippen molar-refractivity contribution in [2.75, 3.05) is 19.6 Å². The Labute approximate surface area is 350 Å². The van der Waals surface area contributed by atoms with Crippen molar-refractivity contribution in [3.05, 3.63) is 128 Å². The molecule has 2 aliphatic rings. The lowest BCUT2D eigenvalue weighted by Gasteiger charge is -2.17. The monoisotopic (exact) mass is 884 g/mol. The molecular formula is C43H40Cl2F2N2O8S2. The van der Waals surface area contributed by atoms with Crippen molar-refractivity contribution in [2.24, 2.45) is 0 Å². The summed E-state index contributed by atoms with van der Waals surface area (Å²) in [5.41, 5.74) is 6.12. The number of aromatic nitrogens is 2. The zero-order valence-corrected chi connectivity index (χ0v) is 35.4. The van der Waals surface area contributed by atoms with Crippen LogP contribution in [0.5, 0.6) is 0 Å². The van der Waals surface area contributed by atoms with E-state index in [1.54, 1.807) is 24.3 Å². The molecule has 0 aliphatic heterocycles. The van der Waals surface area contributed by atoms with Crippen LogP contribution >= 0.6 is 23.2 Å². The number of hydrogen-bond donors (Lipinski definition) is 1. The average molecular weight is 886 g/mol. The zero-order valence-electron chi connectivity index (χ0n) is 32.3. The highest BCUT2D eigenvalue weighted by Gasteiger charge is 2.35. The maximum Gasteiger partial charge on any atom is 0.306 e. The van der Waals surface area contributed by atoms with E-state index in [1.807, 2.05) is 33.4 Å². The topological polar surface area (TPSA) is 142 Å². The number of sulfone groups is 2. The standard InChI is InChI=1S/C22H21ClFNO4S.C21H19ClFNO4S/c1-29-20(26)9-14-5-8-17-18-10-16(24)11-19(30(2,27)28)22(18)25(21(14)17)12-13-3-6-15(23)7-4-13;1-29(27,28)18-10-15(23)9-17-16-7-4-13(8-19(25)26)20(16)24(21(17)18)11-12-2-5-14(22)6-3-12/h3-4,6-7,10-11,14H,5,8-9,12H2,1-2H3;2-3,5-6,9-10,13H,4,7-8,11H2,1H3,(H,25,26)/t14-;13-/m11/s1. The highest BCUT2D eigenvalue weighted by atomic mass is 35.5. The molecule has 2 aromatic heterocycles.